The van der Waals surface area contributed by atoms with Crippen LogP contribution in [0.25, 0.3) is 0 Å². The van der Waals surface area contributed by atoms with Crippen molar-refractivity contribution in [1.82, 2.24) is 0 Å². The fraction of sp³-hybridized carbons (Fsp3) is 0.0769. The number of nitrogens with zero attached hydrogens (tertiary/aromatic N) is 1. The third kappa shape index (κ3) is 3.05. The van der Waals surface area contributed by atoms with E-state index in [2.05, 4.69) is 5.32 Å². The maximum atomic E-state index is 12.8. The Morgan fingerprint density at radius 2 is 1.89 bits per heavy atom. The fourth-order valence-electron chi connectivity index (χ4n) is 1.62. The van der Waals surface area contributed by atoms with Crippen molar-refractivity contribution in [3.05, 3.63) is 64.0 Å². The number of halogens is 1. The van der Waals surface area contributed by atoms with Crippen LogP contribution in [0.1, 0.15) is 5.56 Å². The highest BCUT2D eigenvalue weighted by atomic mass is 19.1. The topological polar surface area (TPSA) is 75.4 Å². The van der Waals surface area contributed by atoms with Gasteiger partial charge in [-0.3, -0.25) is 10.1 Å². The van der Waals surface area contributed by atoms with E-state index < -0.39 is 4.92 Å². The molecule has 98 valence electrons. The smallest absolute Gasteiger partial charge is 0.293 e. The van der Waals surface area contributed by atoms with Gasteiger partial charge < -0.3 is 10.4 Å². The summed E-state index contributed by atoms with van der Waals surface area (Å²) in [6.45, 7) is -0.266. The first kappa shape index (κ1) is 13.0. The van der Waals surface area contributed by atoms with Gasteiger partial charge in [0, 0.05) is 11.8 Å². The van der Waals surface area contributed by atoms with Crippen molar-refractivity contribution >= 4 is 17.1 Å². The summed E-state index contributed by atoms with van der Waals surface area (Å²) in [6.07, 6.45) is 0. The zero-order valence-corrected chi connectivity index (χ0v) is 9.84. The summed E-state index contributed by atoms with van der Waals surface area (Å²) in [5.41, 5.74) is 1.14. The minimum Gasteiger partial charge on any atom is -0.392 e. The van der Waals surface area contributed by atoms with E-state index in [0.717, 1.165) is 0 Å². The lowest BCUT2D eigenvalue weighted by Gasteiger charge is -2.08. The normalized spacial score (nSPS) is 10.2. The van der Waals surface area contributed by atoms with Crippen LogP contribution in [0.15, 0.2) is 42.5 Å². The zero-order valence-electron chi connectivity index (χ0n) is 9.84. The summed E-state index contributed by atoms with van der Waals surface area (Å²) >= 11 is 0. The van der Waals surface area contributed by atoms with E-state index in [9.17, 15) is 14.5 Å². The summed E-state index contributed by atoms with van der Waals surface area (Å²) in [7, 11) is 0. The standard InChI is InChI=1S/C13H11FN2O3/c14-10-2-4-11(5-3-10)15-12-6-1-9(8-17)7-13(12)16(18)19/h1-7,15,17H,8H2. The van der Waals surface area contributed by atoms with Crippen LogP contribution in [0.3, 0.4) is 0 Å². The van der Waals surface area contributed by atoms with Gasteiger partial charge in [-0.05, 0) is 35.9 Å². The van der Waals surface area contributed by atoms with Crippen LogP contribution in [0.5, 0.6) is 0 Å². The Bertz CT molecular complexity index is 599. The number of nitro groups is 1. The van der Waals surface area contributed by atoms with Gasteiger partial charge in [0.2, 0.25) is 0 Å². The van der Waals surface area contributed by atoms with Gasteiger partial charge in [0.05, 0.1) is 11.5 Å². The van der Waals surface area contributed by atoms with Crippen molar-refractivity contribution in [2.24, 2.45) is 0 Å². The van der Waals surface area contributed by atoms with Gasteiger partial charge in [0.25, 0.3) is 5.69 Å². The molecule has 6 heteroatoms. The van der Waals surface area contributed by atoms with Gasteiger partial charge in [-0.2, -0.15) is 0 Å². The summed E-state index contributed by atoms with van der Waals surface area (Å²) in [5.74, 6) is -0.379. The first-order valence-electron chi connectivity index (χ1n) is 5.51. The number of nitrogens with one attached hydrogen (secondary N) is 1. The van der Waals surface area contributed by atoms with E-state index in [4.69, 9.17) is 5.11 Å². The van der Waals surface area contributed by atoms with Crippen LogP contribution in [0, 0.1) is 15.9 Å². The molecule has 19 heavy (non-hydrogen) atoms. The molecular weight excluding hydrogens is 251 g/mol. The van der Waals surface area contributed by atoms with E-state index in [0.29, 0.717) is 11.3 Å². The summed E-state index contributed by atoms with van der Waals surface area (Å²) in [6, 6.07) is 9.88. The molecule has 0 atom stereocenters. The van der Waals surface area contributed by atoms with E-state index >= 15 is 0 Å². The molecule has 0 amide bonds. The van der Waals surface area contributed by atoms with E-state index in [-0.39, 0.29) is 23.8 Å². The van der Waals surface area contributed by atoms with E-state index in [1.165, 1.54) is 36.4 Å². The Labute approximate surface area is 108 Å². The molecule has 0 fully saturated rings. The number of nitro benzene ring substituents is 1. The molecule has 5 nitrogen and oxygen atoms in total. The molecule has 2 rings (SSSR count). The third-order valence-corrected chi connectivity index (χ3v) is 2.56. The zero-order chi connectivity index (χ0) is 13.8. The third-order valence-electron chi connectivity index (χ3n) is 2.56. The van der Waals surface area contributed by atoms with Gasteiger partial charge in [-0.1, -0.05) is 6.07 Å². The average molecular weight is 262 g/mol. The highest BCUT2D eigenvalue weighted by Crippen LogP contribution is 2.28. The lowest BCUT2D eigenvalue weighted by Crippen LogP contribution is -1.98. The second-order valence-electron chi connectivity index (χ2n) is 3.90. The molecule has 0 spiro atoms. The SMILES string of the molecule is O=[N+]([O-])c1cc(CO)ccc1Nc1ccc(F)cc1. The maximum Gasteiger partial charge on any atom is 0.293 e. The highest BCUT2D eigenvalue weighted by molar-refractivity contribution is 5.70. The molecule has 0 radical (unpaired) electrons. The van der Waals surface area contributed by atoms with Gasteiger partial charge in [-0.25, -0.2) is 4.39 Å². The second-order valence-corrected chi connectivity index (χ2v) is 3.90. The number of benzene rings is 2. The van der Waals surface area contributed by atoms with Crippen molar-refractivity contribution < 1.29 is 14.4 Å². The molecule has 0 heterocycles. The Morgan fingerprint density at radius 3 is 2.47 bits per heavy atom. The average Bonchev–Trinajstić information content (AvgIpc) is 2.41. The van der Waals surface area contributed by atoms with Crippen molar-refractivity contribution in [1.29, 1.82) is 0 Å². The Morgan fingerprint density at radius 1 is 1.21 bits per heavy atom. The summed E-state index contributed by atoms with van der Waals surface area (Å²) in [4.78, 5) is 10.4. The van der Waals surface area contributed by atoms with Crippen molar-refractivity contribution in [3.63, 3.8) is 0 Å². The lowest BCUT2D eigenvalue weighted by atomic mass is 10.1. The summed E-state index contributed by atoms with van der Waals surface area (Å²) in [5, 5.41) is 22.8. The van der Waals surface area contributed by atoms with Gasteiger partial charge in [0.1, 0.15) is 11.5 Å². The van der Waals surface area contributed by atoms with Crippen molar-refractivity contribution in [2.75, 3.05) is 5.32 Å². The summed E-state index contributed by atoms with van der Waals surface area (Å²) < 4.78 is 12.8. The van der Waals surface area contributed by atoms with Crippen LogP contribution in [-0.4, -0.2) is 10.0 Å². The van der Waals surface area contributed by atoms with Crippen LogP contribution < -0.4 is 5.32 Å². The second kappa shape index (κ2) is 5.45. The molecule has 0 saturated carbocycles. The van der Waals surface area contributed by atoms with Crippen LogP contribution >= 0.6 is 0 Å². The largest absolute Gasteiger partial charge is 0.392 e. The predicted octanol–water partition coefficient (Wildman–Crippen LogP) is 2.97. The molecule has 0 saturated heterocycles. The molecule has 0 aliphatic carbocycles. The van der Waals surface area contributed by atoms with Gasteiger partial charge in [0.15, 0.2) is 0 Å². The van der Waals surface area contributed by atoms with Crippen LogP contribution in [0.2, 0.25) is 0 Å². The number of aliphatic hydroxyl groups is 1. The van der Waals surface area contributed by atoms with Gasteiger partial charge >= 0.3 is 0 Å². The monoisotopic (exact) mass is 262 g/mol. The van der Waals surface area contributed by atoms with E-state index in [1.807, 2.05) is 0 Å². The van der Waals surface area contributed by atoms with Crippen LogP contribution in [-0.2, 0) is 6.61 Å². The molecule has 0 unspecified atom stereocenters. The van der Waals surface area contributed by atoms with Gasteiger partial charge in [-0.15, -0.1) is 0 Å². The molecule has 0 aliphatic heterocycles. The predicted molar refractivity (Wildman–Crippen MR) is 68.7 cm³/mol. The quantitative estimate of drug-likeness (QED) is 0.656. The molecule has 2 aromatic carbocycles. The molecule has 0 bridgehead atoms. The number of rotatable bonds is 4. The Hall–Kier alpha value is -2.47. The van der Waals surface area contributed by atoms with E-state index in [1.54, 1.807) is 6.07 Å². The molecular formula is C13H11FN2O3. The molecule has 2 N–H and O–H groups in total. The highest BCUT2D eigenvalue weighted by Gasteiger charge is 2.14. The van der Waals surface area contributed by atoms with Crippen LogP contribution in [0.4, 0.5) is 21.5 Å². The molecule has 0 aliphatic rings. The Balaban J connectivity index is 2.33. The maximum absolute atomic E-state index is 12.8. The lowest BCUT2D eigenvalue weighted by molar-refractivity contribution is -0.384. The molecule has 2 aromatic rings. The molecule has 0 aromatic heterocycles. The number of aliphatic hydroxyl groups excluding tert-OH is 1. The minimum absolute atomic E-state index is 0.143. The first-order valence-corrected chi connectivity index (χ1v) is 5.51. The van der Waals surface area contributed by atoms with Crippen molar-refractivity contribution in [3.8, 4) is 0 Å². The number of hydrogen-bond donors (Lipinski definition) is 2. The minimum atomic E-state index is -0.537. The fourth-order valence-corrected chi connectivity index (χ4v) is 1.62. The number of hydrogen-bond acceptors (Lipinski definition) is 4. The Kier molecular flexibility index (Phi) is 3.72. The number of anilines is 2. The first-order chi connectivity index (χ1) is 9.10. The van der Waals surface area contributed by atoms with Crippen molar-refractivity contribution in [2.45, 2.75) is 6.61 Å².